The first-order chi connectivity index (χ1) is 10.1. The smallest absolute Gasteiger partial charge is 0.196 e. The van der Waals surface area contributed by atoms with Crippen molar-refractivity contribution in [2.24, 2.45) is 22.6 Å². The number of hydrogen-bond acceptors (Lipinski definition) is 3. The van der Waals surface area contributed by atoms with Gasteiger partial charge in [-0.05, 0) is 43.2 Å². The molecule has 1 aliphatic heterocycles. The molecular weight excluding hydrogens is 258 g/mol. The molecule has 114 valence electrons. The molecule has 1 aromatic carbocycles. The number of nitrogens with two attached hydrogens (primary N) is 1. The third-order valence-electron chi connectivity index (χ3n) is 5.42. The molecule has 1 spiro atoms. The lowest BCUT2D eigenvalue weighted by Gasteiger charge is -2.49. The molecule has 0 amide bonds. The van der Waals surface area contributed by atoms with Crippen LogP contribution in [0.4, 0.5) is 5.69 Å². The number of nitrogens with zero attached hydrogens (tertiary/aromatic N) is 2. The molecule has 2 atom stereocenters. The molecule has 1 fully saturated rings. The Morgan fingerprint density at radius 2 is 2.05 bits per heavy atom. The van der Waals surface area contributed by atoms with E-state index < -0.39 is 0 Å². The van der Waals surface area contributed by atoms with Crippen LogP contribution in [0.3, 0.4) is 0 Å². The van der Waals surface area contributed by atoms with Crippen molar-refractivity contribution >= 4 is 11.6 Å². The molecule has 3 heteroatoms. The molecular formula is C18H27N3. The normalized spacial score (nSPS) is 29.2. The maximum Gasteiger partial charge on any atom is 0.196 e. The minimum atomic E-state index is 0.0998. The highest BCUT2D eigenvalue weighted by Crippen LogP contribution is 2.47. The number of para-hydroxylation sites is 1. The maximum atomic E-state index is 6.32. The van der Waals surface area contributed by atoms with Crippen molar-refractivity contribution < 1.29 is 0 Å². The quantitative estimate of drug-likeness (QED) is 0.900. The highest BCUT2D eigenvalue weighted by molar-refractivity contribution is 5.99. The summed E-state index contributed by atoms with van der Waals surface area (Å²) in [4.78, 5) is 7.03. The highest BCUT2D eigenvalue weighted by Gasteiger charge is 2.50. The highest BCUT2D eigenvalue weighted by atomic mass is 15.4. The van der Waals surface area contributed by atoms with Gasteiger partial charge in [0.25, 0.3) is 0 Å². The van der Waals surface area contributed by atoms with E-state index in [4.69, 9.17) is 5.73 Å². The molecule has 1 aromatic rings. The van der Waals surface area contributed by atoms with Crippen LogP contribution >= 0.6 is 0 Å². The standard InChI is InChI=1S/C18H27N3/c1-13(2)15-9-6-7-11-18(15)12-20-17(19)21(18)16-10-5-4-8-14(16)3/h4-5,8,10,13,15H,6-7,9,11-12H2,1-3H3,(H2,19,20). The van der Waals surface area contributed by atoms with Crippen molar-refractivity contribution in [2.45, 2.75) is 52.0 Å². The van der Waals surface area contributed by atoms with Crippen molar-refractivity contribution in [3.63, 3.8) is 0 Å². The van der Waals surface area contributed by atoms with Gasteiger partial charge in [-0.15, -0.1) is 0 Å². The summed E-state index contributed by atoms with van der Waals surface area (Å²) in [6, 6.07) is 8.56. The van der Waals surface area contributed by atoms with E-state index in [2.05, 4.69) is 54.9 Å². The minimum Gasteiger partial charge on any atom is -0.369 e. The number of aryl methyl sites for hydroxylation is 1. The van der Waals surface area contributed by atoms with Gasteiger partial charge >= 0.3 is 0 Å². The van der Waals surface area contributed by atoms with Crippen molar-refractivity contribution in [3.05, 3.63) is 29.8 Å². The van der Waals surface area contributed by atoms with E-state index >= 15 is 0 Å². The topological polar surface area (TPSA) is 41.6 Å². The van der Waals surface area contributed by atoms with Crippen molar-refractivity contribution in [2.75, 3.05) is 11.4 Å². The van der Waals surface area contributed by atoms with E-state index in [0.29, 0.717) is 17.8 Å². The Balaban J connectivity index is 2.07. The number of guanidine groups is 1. The lowest BCUT2D eigenvalue weighted by atomic mass is 9.67. The molecule has 2 unspecified atom stereocenters. The summed E-state index contributed by atoms with van der Waals surface area (Å²) in [5, 5.41) is 0. The van der Waals surface area contributed by atoms with Crippen LogP contribution in [0.5, 0.6) is 0 Å². The van der Waals surface area contributed by atoms with Crippen LogP contribution in [0.2, 0.25) is 0 Å². The monoisotopic (exact) mass is 285 g/mol. The van der Waals surface area contributed by atoms with Gasteiger partial charge in [0, 0.05) is 5.69 Å². The second kappa shape index (κ2) is 5.36. The van der Waals surface area contributed by atoms with Gasteiger partial charge in [-0.3, -0.25) is 4.99 Å². The molecule has 1 saturated carbocycles. The van der Waals surface area contributed by atoms with Crippen LogP contribution in [0.1, 0.15) is 45.1 Å². The van der Waals surface area contributed by atoms with Crippen LogP contribution in [0.15, 0.2) is 29.3 Å². The number of aliphatic imine (C=N–C) groups is 1. The van der Waals surface area contributed by atoms with Gasteiger partial charge < -0.3 is 10.6 Å². The summed E-state index contributed by atoms with van der Waals surface area (Å²) in [6.07, 6.45) is 5.12. The molecule has 2 aliphatic rings. The summed E-state index contributed by atoms with van der Waals surface area (Å²) < 4.78 is 0. The number of anilines is 1. The largest absolute Gasteiger partial charge is 0.369 e. The Kier molecular flexibility index (Phi) is 3.68. The van der Waals surface area contributed by atoms with Gasteiger partial charge in [-0.2, -0.15) is 0 Å². The molecule has 0 radical (unpaired) electrons. The zero-order chi connectivity index (χ0) is 15.0. The summed E-state index contributed by atoms with van der Waals surface area (Å²) in [5.74, 6) is 2.03. The predicted molar refractivity (Wildman–Crippen MR) is 89.7 cm³/mol. The van der Waals surface area contributed by atoms with E-state index in [1.807, 2.05) is 0 Å². The fraction of sp³-hybridized carbons (Fsp3) is 0.611. The van der Waals surface area contributed by atoms with E-state index in [9.17, 15) is 0 Å². The zero-order valence-electron chi connectivity index (χ0n) is 13.5. The van der Waals surface area contributed by atoms with E-state index in [0.717, 1.165) is 6.54 Å². The van der Waals surface area contributed by atoms with Gasteiger partial charge in [-0.25, -0.2) is 0 Å². The summed E-state index contributed by atoms with van der Waals surface area (Å²) in [7, 11) is 0. The fourth-order valence-electron chi connectivity index (χ4n) is 4.44. The first-order valence-corrected chi connectivity index (χ1v) is 8.22. The molecule has 0 saturated heterocycles. The molecule has 0 aromatic heterocycles. The zero-order valence-corrected chi connectivity index (χ0v) is 13.5. The van der Waals surface area contributed by atoms with Crippen LogP contribution in [0, 0.1) is 18.8 Å². The van der Waals surface area contributed by atoms with Crippen LogP contribution < -0.4 is 10.6 Å². The lowest BCUT2D eigenvalue weighted by molar-refractivity contribution is 0.156. The van der Waals surface area contributed by atoms with E-state index in [-0.39, 0.29) is 5.54 Å². The van der Waals surface area contributed by atoms with Crippen molar-refractivity contribution in [3.8, 4) is 0 Å². The number of benzene rings is 1. The Hall–Kier alpha value is -1.51. The summed E-state index contributed by atoms with van der Waals surface area (Å²) in [6.45, 7) is 7.72. The Morgan fingerprint density at radius 1 is 1.29 bits per heavy atom. The van der Waals surface area contributed by atoms with Gasteiger partial charge in [0.15, 0.2) is 5.96 Å². The van der Waals surface area contributed by atoms with Gasteiger partial charge in [0.05, 0.1) is 12.1 Å². The summed E-state index contributed by atoms with van der Waals surface area (Å²) >= 11 is 0. The van der Waals surface area contributed by atoms with Gasteiger partial charge in [0.2, 0.25) is 0 Å². The SMILES string of the molecule is Cc1ccccc1N1C(N)=NCC12CCCCC2C(C)C. The van der Waals surface area contributed by atoms with Gasteiger partial charge in [0.1, 0.15) is 0 Å². The van der Waals surface area contributed by atoms with Crippen LogP contribution in [-0.4, -0.2) is 18.0 Å². The van der Waals surface area contributed by atoms with Crippen molar-refractivity contribution in [1.29, 1.82) is 0 Å². The third-order valence-corrected chi connectivity index (χ3v) is 5.42. The van der Waals surface area contributed by atoms with Crippen molar-refractivity contribution in [1.82, 2.24) is 0 Å². The number of rotatable bonds is 2. The average molecular weight is 285 g/mol. The lowest BCUT2D eigenvalue weighted by Crippen LogP contribution is -2.59. The first kappa shape index (κ1) is 14.4. The summed E-state index contributed by atoms with van der Waals surface area (Å²) in [5.41, 5.74) is 8.95. The second-order valence-electron chi connectivity index (χ2n) is 7.00. The number of hydrogen-bond donors (Lipinski definition) is 1. The molecule has 2 N–H and O–H groups in total. The fourth-order valence-corrected chi connectivity index (χ4v) is 4.44. The molecule has 3 nitrogen and oxygen atoms in total. The Labute approximate surface area is 128 Å². The average Bonchev–Trinajstić information content (AvgIpc) is 2.77. The van der Waals surface area contributed by atoms with Crippen LogP contribution in [0.25, 0.3) is 0 Å². The molecule has 1 heterocycles. The Morgan fingerprint density at radius 3 is 2.76 bits per heavy atom. The van der Waals surface area contributed by atoms with Crippen LogP contribution in [-0.2, 0) is 0 Å². The van der Waals surface area contributed by atoms with Gasteiger partial charge in [-0.1, -0.05) is 44.9 Å². The van der Waals surface area contributed by atoms with E-state index in [1.54, 1.807) is 0 Å². The molecule has 21 heavy (non-hydrogen) atoms. The molecule has 1 aliphatic carbocycles. The maximum absolute atomic E-state index is 6.32. The Bertz CT molecular complexity index is 549. The van der Waals surface area contributed by atoms with E-state index in [1.165, 1.54) is 36.9 Å². The predicted octanol–water partition coefficient (Wildman–Crippen LogP) is 3.71. The molecule has 0 bridgehead atoms. The molecule has 3 rings (SSSR count). The first-order valence-electron chi connectivity index (χ1n) is 8.22. The second-order valence-corrected chi connectivity index (χ2v) is 7.00. The third kappa shape index (κ3) is 2.23. The minimum absolute atomic E-state index is 0.0998.